The predicted octanol–water partition coefficient (Wildman–Crippen LogP) is 21.4. The molecule has 0 spiro atoms. The van der Waals surface area contributed by atoms with Crippen LogP contribution in [0.25, 0.3) is 0 Å². The van der Waals surface area contributed by atoms with E-state index >= 15 is 0 Å². The lowest BCUT2D eigenvalue weighted by atomic mass is 9.86. The van der Waals surface area contributed by atoms with Crippen LogP contribution in [-0.4, -0.2) is 37.4 Å². The number of carbonyl (C=O) groups is 1. The summed E-state index contributed by atoms with van der Waals surface area (Å²) in [5.41, 5.74) is 3.02. The third-order valence-electron chi connectivity index (χ3n) is 14.0. The second kappa shape index (κ2) is 60.9. The Morgan fingerprint density at radius 1 is 0.415 bits per heavy atom. The van der Waals surface area contributed by atoms with Gasteiger partial charge in [0.25, 0.3) is 0 Å². The second-order valence-electron chi connectivity index (χ2n) is 20.4. The van der Waals surface area contributed by atoms with Gasteiger partial charge in [0.05, 0.1) is 0 Å². The van der Waals surface area contributed by atoms with Crippen molar-refractivity contribution in [2.45, 2.75) is 343 Å². The van der Waals surface area contributed by atoms with Crippen LogP contribution in [0.3, 0.4) is 0 Å². The molecule has 0 fully saturated rings. The van der Waals surface area contributed by atoms with Crippen LogP contribution in [0.5, 0.6) is 0 Å². The van der Waals surface area contributed by atoms with Crippen molar-refractivity contribution in [2.75, 3.05) is 20.1 Å². The van der Waals surface area contributed by atoms with E-state index in [1.54, 1.807) is 5.57 Å². The molecule has 65 heavy (non-hydrogen) atoms. The van der Waals surface area contributed by atoms with Crippen LogP contribution < -0.4 is 5.32 Å². The summed E-state index contributed by atoms with van der Waals surface area (Å²) in [5, 5.41) is 3.41. The maximum Gasteiger partial charge on any atom is 0.116 e. The maximum absolute atomic E-state index is 8.81. The van der Waals surface area contributed by atoms with Crippen LogP contribution in [-0.2, 0) is 4.79 Å². The normalized spacial score (nSPS) is 11.9. The summed E-state index contributed by atoms with van der Waals surface area (Å²) < 4.78 is 0. The predicted molar refractivity (Wildman–Crippen MR) is 300 cm³/mol. The van der Waals surface area contributed by atoms with Gasteiger partial charge in [0, 0.05) is 18.3 Å². The topological polar surface area (TPSA) is 32.3 Å². The molecular weight excluding hydrogens is 789 g/mol. The van der Waals surface area contributed by atoms with Crippen LogP contribution in [0.15, 0.2) is 24.4 Å². The molecule has 0 aromatic carbocycles. The molecule has 0 aliphatic rings. The summed E-state index contributed by atoms with van der Waals surface area (Å²) in [5.74, 6) is 0.790. The molecule has 2 atom stereocenters. The van der Waals surface area contributed by atoms with Gasteiger partial charge in [-0.1, -0.05) is 291 Å². The summed E-state index contributed by atoms with van der Waals surface area (Å²) >= 11 is 0. The maximum atomic E-state index is 8.81. The Labute approximate surface area is 413 Å². The molecule has 0 radical (unpaired) electrons. The number of allylic oxidation sites excluding steroid dienone is 2. The first-order chi connectivity index (χ1) is 31.9. The van der Waals surface area contributed by atoms with E-state index in [4.69, 9.17) is 11.4 Å². The van der Waals surface area contributed by atoms with Crippen molar-refractivity contribution >= 4 is 6.29 Å². The van der Waals surface area contributed by atoms with Crippen molar-refractivity contribution in [3.05, 3.63) is 24.4 Å². The molecule has 3 nitrogen and oxygen atoms in total. The number of hydrogen-bond donors (Lipinski definition) is 1. The Bertz CT molecular complexity index is 891. The molecule has 0 aliphatic heterocycles. The highest BCUT2D eigenvalue weighted by Gasteiger charge is 2.19. The van der Waals surface area contributed by atoms with Gasteiger partial charge in [0.2, 0.25) is 0 Å². The summed E-state index contributed by atoms with van der Waals surface area (Å²) in [7, 11) is 2.10. The van der Waals surface area contributed by atoms with Gasteiger partial charge in [0.1, 0.15) is 6.29 Å². The van der Waals surface area contributed by atoms with E-state index < -0.39 is 0 Å². The fraction of sp³-hybridized carbons (Fsp3) is 0.919. The largest absolute Gasteiger partial charge is 0.372 e. The summed E-state index contributed by atoms with van der Waals surface area (Å²) in [6, 6.07) is 0.694. The first kappa shape index (κ1) is 68.2. The zero-order chi connectivity index (χ0) is 48.5. The van der Waals surface area contributed by atoms with Gasteiger partial charge in [-0.2, -0.15) is 0 Å². The van der Waals surface area contributed by atoms with Crippen molar-refractivity contribution in [2.24, 2.45) is 5.92 Å². The van der Waals surface area contributed by atoms with E-state index in [0.717, 1.165) is 18.7 Å². The smallest absolute Gasteiger partial charge is 0.116 e. The molecule has 0 aromatic rings. The first-order valence-corrected chi connectivity index (χ1v) is 30.0. The van der Waals surface area contributed by atoms with Crippen molar-refractivity contribution < 1.29 is 4.79 Å². The summed E-state index contributed by atoms with van der Waals surface area (Å²) in [4.78, 5) is 11.6. The molecule has 0 heterocycles. The van der Waals surface area contributed by atoms with Crippen molar-refractivity contribution in [1.82, 2.24) is 10.2 Å². The third-order valence-corrected chi connectivity index (χ3v) is 14.0. The minimum atomic E-state index is 0.694. The SMILES string of the molecule is C=C(CCCCCCCCCCC(CCCCCCCCCCC)N(CCCNC)C(=C)CCCCCCCC)C(CCCC)CCCCCC.CC=O.CCCCCCCCCCC. The molecule has 0 saturated carbocycles. The number of rotatable bonds is 51. The number of unbranched alkanes of at least 4 members (excludes halogenated alkanes) is 32. The van der Waals surface area contributed by atoms with Gasteiger partial charge in [-0.3, -0.25) is 0 Å². The monoisotopic (exact) mass is 915 g/mol. The van der Waals surface area contributed by atoms with Crippen molar-refractivity contribution in [3.8, 4) is 0 Å². The van der Waals surface area contributed by atoms with Crippen LogP contribution >= 0.6 is 0 Å². The number of nitrogens with one attached hydrogen (secondary N) is 1. The highest BCUT2D eigenvalue weighted by atomic mass is 16.1. The molecule has 2 unspecified atom stereocenters. The zero-order valence-corrected chi connectivity index (χ0v) is 46.7. The zero-order valence-electron chi connectivity index (χ0n) is 46.7. The van der Waals surface area contributed by atoms with Gasteiger partial charge < -0.3 is 15.0 Å². The van der Waals surface area contributed by atoms with Gasteiger partial charge in [-0.15, -0.1) is 0 Å². The fourth-order valence-electron chi connectivity index (χ4n) is 9.63. The standard InChI is InChI=1S/C49H98N2.C11H24.C2H4O/c1-8-12-16-19-21-22-26-30-35-42-49(51(45-37-44-50-7)47(6)39-33-29-20-17-13-9-2)43-36-31-27-24-23-25-28-32-38-46(5)48(40-15-11-4)41-34-18-14-10-3;1-3-5-7-9-11-10-8-6-4-2;1-2-3/h48-50H,5-6,8-45H2,1-4,7H3;3-11H2,1-2H3;2H,1H3. The van der Waals surface area contributed by atoms with Crippen molar-refractivity contribution in [3.63, 3.8) is 0 Å². The molecule has 0 aromatic heterocycles. The van der Waals surface area contributed by atoms with Crippen molar-refractivity contribution in [1.29, 1.82) is 0 Å². The van der Waals surface area contributed by atoms with E-state index in [9.17, 15) is 0 Å². The Morgan fingerprint density at radius 3 is 1.08 bits per heavy atom. The fourth-order valence-corrected chi connectivity index (χ4v) is 9.63. The van der Waals surface area contributed by atoms with E-state index in [2.05, 4.69) is 65.4 Å². The average molecular weight is 916 g/mol. The molecule has 0 aliphatic carbocycles. The van der Waals surface area contributed by atoms with Crippen LogP contribution in [0, 0.1) is 5.92 Å². The lowest BCUT2D eigenvalue weighted by molar-refractivity contribution is -0.106. The molecule has 0 bridgehead atoms. The Kier molecular flexibility index (Phi) is 63.9. The van der Waals surface area contributed by atoms with Gasteiger partial charge in [0.15, 0.2) is 0 Å². The molecule has 3 heteroatoms. The number of aldehydes is 1. The van der Waals surface area contributed by atoms with Gasteiger partial charge in [-0.25, -0.2) is 0 Å². The highest BCUT2D eigenvalue weighted by Crippen LogP contribution is 2.28. The van der Waals surface area contributed by atoms with Crippen LogP contribution in [0.2, 0.25) is 0 Å². The number of nitrogens with zero attached hydrogens (tertiary/aromatic N) is 1. The Hall–Kier alpha value is -1.09. The summed E-state index contributed by atoms with van der Waals surface area (Å²) in [6.07, 6.45) is 63.5. The average Bonchev–Trinajstić information content (AvgIpc) is 3.31. The Balaban J connectivity index is -0.00000235. The Morgan fingerprint density at radius 2 is 0.708 bits per heavy atom. The lowest BCUT2D eigenvalue weighted by Gasteiger charge is -2.36. The van der Waals surface area contributed by atoms with Gasteiger partial charge >= 0.3 is 0 Å². The molecular formula is C62H126N2O. The van der Waals surface area contributed by atoms with E-state index in [0.29, 0.717) is 6.04 Å². The highest BCUT2D eigenvalue weighted by molar-refractivity contribution is 5.44. The second-order valence-corrected chi connectivity index (χ2v) is 20.4. The molecule has 0 saturated heterocycles. The van der Waals surface area contributed by atoms with Crippen LogP contribution in [0.4, 0.5) is 0 Å². The number of carbonyl (C=O) groups excluding carboxylic acids is 1. The number of hydrogen-bond acceptors (Lipinski definition) is 3. The minimum Gasteiger partial charge on any atom is -0.372 e. The van der Waals surface area contributed by atoms with E-state index in [-0.39, 0.29) is 0 Å². The van der Waals surface area contributed by atoms with Crippen LogP contribution in [0.1, 0.15) is 337 Å². The van der Waals surface area contributed by atoms with E-state index in [1.807, 2.05) is 0 Å². The quantitative estimate of drug-likeness (QED) is 0.0375. The molecule has 390 valence electrons. The molecule has 0 amide bonds. The molecule has 0 rings (SSSR count). The lowest BCUT2D eigenvalue weighted by Crippen LogP contribution is -2.36. The van der Waals surface area contributed by atoms with E-state index in [1.165, 1.54) is 308 Å². The summed E-state index contributed by atoms with van der Waals surface area (Å²) in [6.45, 7) is 26.9. The first-order valence-electron chi connectivity index (χ1n) is 30.0. The molecule has 1 N–H and O–H groups in total. The minimum absolute atomic E-state index is 0.694. The third kappa shape index (κ3) is 53.7. The van der Waals surface area contributed by atoms with Gasteiger partial charge in [-0.05, 0) is 84.2 Å².